The fourth-order valence-corrected chi connectivity index (χ4v) is 3.66. The quantitative estimate of drug-likeness (QED) is 0.702. The third-order valence-corrected chi connectivity index (χ3v) is 5.97. The molecule has 0 spiro atoms. The van der Waals surface area contributed by atoms with Gasteiger partial charge in [0.05, 0.1) is 11.9 Å². The fourth-order valence-electron chi connectivity index (χ4n) is 2.22. The molecule has 1 saturated carbocycles. The number of nitrogens with one attached hydrogen (secondary N) is 1. The molecule has 6 heteroatoms. The maximum Gasteiger partial charge on any atom is 0.218 e. The van der Waals surface area contributed by atoms with Gasteiger partial charge >= 0.3 is 0 Å². The van der Waals surface area contributed by atoms with Gasteiger partial charge in [0.25, 0.3) is 0 Å². The largest absolute Gasteiger partial charge is 0.380 e. The van der Waals surface area contributed by atoms with E-state index in [9.17, 15) is 8.42 Å². The minimum Gasteiger partial charge on any atom is -0.380 e. The molecule has 0 aromatic carbocycles. The minimum absolute atomic E-state index is 0.356. The highest BCUT2D eigenvalue weighted by atomic mass is 32.2. The van der Waals surface area contributed by atoms with Crippen LogP contribution in [-0.4, -0.2) is 57.4 Å². The highest BCUT2D eigenvalue weighted by Gasteiger charge is 2.31. The molecule has 0 aromatic heterocycles. The Bertz CT molecular complexity index is 429. The van der Waals surface area contributed by atoms with Gasteiger partial charge in [-0.15, -0.1) is 0 Å². The second kappa shape index (κ2) is 6.35. The van der Waals surface area contributed by atoms with E-state index in [1.54, 1.807) is 18.3 Å². The van der Waals surface area contributed by atoms with E-state index in [2.05, 4.69) is 5.32 Å². The molecule has 1 heterocycles. The molecule has 110 valence electrons. The van der Waals surface area contributed by atoms with Crippen molar-refractivity contribution in [3.63, 3.8) is 0 Å². The second-order valence-electron chi connectivity index (χ2n) is 5.44. The monoisotopic (exact) mass is 288 g/mol. The highest BCUT2D eigenvalue weighted by Crippen LogP contribution is 2.20. The Morgan fingerprint density at radius 3 is 2.79 bits per heavy atom. The number of methoxy groups -OCH3 is 1. The molecule has 2 aliphatic rings. The molecule has 0 saturated heterocycles. The smallest absolute Gasteiger partial charge is 0.218 e. The number of hydrogen-bond acceptors (Lipinski definition) is 4. The average Bonchev–Trinajstić information content (AvgIpc) is 3.21. The summed E-state index contributed by atoms with van der Waals surface area (Å²) >= 11 is 0. The van der Waals surface area contributed by atoms with Crippen molar-refractivity contribution in [1.29, 1.82) is 0 Å². The van der Waals surface area contributed by atoms with Crippen LogP contribution in [0.5, 0.6) is 0 Å². The van der Waals surface area contributed by atoms with Crippen LogP contribution in [0.4, 0.5) is 0 Å². The Morgan fingerprint density at radius 1 is 1.53 bits per heavy atom. The Hall–Kier alpha value is -0.430. The first-order valence-corrected chi connectivity index (χ1v) is 8.43. The fraction of sp³-hybridized carbons (Fsp3) is 0.846. The predicted molar refractivity (Wildman–Crippen MR) is 75.6 cm³/mol. The zero-order valence-electron chi connectivity index (χ0n) is 11.8. The Morgan fingerprint density at radius 2 is 2.26 bits per heavy atom. The van der Waals surface area contributed by atoms with Crippen molar-refractivity contribution in [1.82, 2.24) is 9.62 Å². The molecule has 1 unspecified atom stereocenters. The second-order valence-corrected chi connectivity index (χ2v) is 7.79. The summed E-state index contributed by atoms with van der Waals surface area (Å²) in [5, 5.41) is 2.93. The van der Waals surface area contributed by atoms with Gasteiger partial charge in [0.1, 0.15) is 0 Å². The summed E-state index contributed by atoms with van der Waals surface area (Å²) < 4.78 is 31.5. The van der Waals surface area contributed by atoms with E-state index >= 15 is 0 Å². The summed E-state index contributed by atoms with van der Waals surface area (Å²) in [6.45, 7) is 4.00. The minimum atomic E-state index is -3.18. The van der Waals surface area contributed by atoms with Gasteiger partial charge in [-0.3, -0.25) is 0 Å². The number of hydrogen-bond donors (Lipinski definition) is 1. The number of ether oxygens (including phenoxy) is 1. The van der Waals surface area contributed by atoms with E-state index in [1.807, 2.05) is 6.08 Å². The van der Waals surface area contributed by atoms with Gasteiger partial charge in [-0.25, -0.2) is 8.42 Å². The van der Waals surface area contributed by atoms with Crippen LogP contribution in [0, 0.1) is 0 Å². The molecule has 0 amide bonds. The maximum atomic E-state index is 12.4. The van der Waals surface area contributed by atoms with Crippen LogP contribution < -0.4 is 5.32 Å². The maximum absolute atomic E-state index is 12.4. The molecular formula is C13H24N2O3S. The summed E-state index contributed by atoms with van der Waals surface area (Å²) in [6, 6.07) is 0.548. The molecule has 0 aromatic rings. The summed E-state index contributed by atoms with van der Waals surface area (Å²) in [6.07, 6.45) is 5.11. The molecule has 2 rings (SSSR count). The average molecular weight is 288 g/mol. The number of rotatable bonds is 7. The van der Waals surface area contributed by atoms with E-state index in [0.717, 1.165) is 6.42 Å². The van der Waals surface area contributed by atoms with E-state index in [0.29, 0.717) is 32.3 Å². The molecule has 0 bridgehead atoms. The summed E-state index contributed by atoms with van der Waals surface area (Å²) in [7, 11) is -1.52. The van der Waals surface area contributed by atoms with Gasteiger partial charge in [-0.1, -0.05) is 6.08 Å². The van der Waals surface area contributed by atoms with Crippen molar-refractivity contribution in [2.75, 3.05) is 33.4 Å². The summed E-state index contributed by atoms with van der Waals surface area (Å²) in [4.78, 5) is 0. The molecule has 1 atom stereocenters. The molecule has 19 heavy (non-hydrogen) atoms. The molecule has 5 nitrogen and oxygen atoms in total. The van der Waals surface area contributed by atoms with E-state index in [4.69, 9.17) is 4.74 Å². The first-order chi connectivity index (χ1) is 9.04. The van der Waals surface area contributed by atoms with Crippen molar-refractivity contribution >= 4 is 10.0 Å². The standard InChI is InChI=1S/C13H24N2O3S/c1-11(9-14-13-3-4-13)19(16,17)15-7-5-12(6-8-15)10-18-2/h5,11,13-14H,3-4,6-10H2,1-2H3. The molecule has 1 aliphatic carbocycles. The van der Waals surface area contributed by atoms with E-state index in [1.165, 1.54) is 18.4 Å². The first-order valence-electron chi connectivity index (χ1n) is 6.93. The van der Waals surface area contributed by atoms with Crippen LogP contribution in [0.2, 0.25) is 0 Å². The molecule has 1 N–H and O–H groups in total. The predicted octanol–water partition coefficient (Wildman–Crippen LogP) is 0.735. The van der Waals surface area contributed by atoms with Gasteiger partial charge in [-0.2, -0.15) is 4.31 Å². The Balaban J connectivity index is 1.88. The molecular weight excluding hydrogens is 264 g/mol. The van der Waals surface area contributed by atoms with Gasteiger partial charge in [0, 0.05) is 32.8 Å². The van der Waals surface area contributed by atoms with Crippen LogP contribution >= 0.6 is 0 Å². The summed E-state index contributed by atoms with van der Waals surface area (Å²) in [5.41, 5.74) is 1.19. The highest BCUT2D eigenvalue weighted by molar-refractivity contribution is 7.89. The van der Waals surface area contributed by atoms with E-state index in [-0.39, 0.29) is 5.25 Å². The Labute approximate surface area is 116 Å². The number of nitrogens with zero attached hydrogens (tertiary/aromatic N) is 1. The lowest BCUT2D eigenvalue weighted by molar-refractivity contribution is 0.219. The molecule has 1 fully saturated rings. The van der Waals surface area contributed by atoms with E-state index < -0.39 is 10.0 Å². The van der Waals surface area contributed by atoms with Crippen molar-refractivity contribution < 1.29 is 13.2 Å². The molecule has 0 radical (unpaired) electrons. The van der Waals surface area contributed by atoms with Crippen molar-refractivity contribution in [2.24, 2.45) is 0 Å². The zero-order chi connectivity index (χ0) is 13.9. The lowest BCUT2D eigenvalue weighted by Gasteiger charge is -2.28. The lowest BCUT2D eigenvalue weighted by Crippen LogP contribution is -2.44. The van der Waals surface area contributed by atoms with Crippen molar-refractivity contribution in [3.05, 3.63) is 11.6 Å². The third kappa shape index (κ3) is 4.02. The van der Waals surface area contributed by atoms with Crippen LogP contribution in [0.3, 0.4) is 0 Å². The first kappa shape index (κ1) is 15.0. The van der Waals surface area contributed by atoms with Crippen LogP contribution in [-0.2, 0) is 14.8 Å². The van der Waals surface area contributed by atoms with Gasteiger partial charge in [0.15, 0.2) is 0 Å². The van der Waals surface area contributed by atoms with Crippen LogP contribution in [0.15, 0.2) is 11.6 Å². The third-order valence-electron chi connectivity index (χ3n) is 3.74. The number of sulfonamides is 1. The van der Waals surface area contributed by atoms with Gasteiger partial charge < -0.3 is 10.1 Å². The van der Waals surface area contributed by atoms with Crippen molar-refractivity contribution in [3.8, 4) is 0 Å². The van der Waals surface area contributed by atoms with Crippen LogP contribution in [0.25, 0.3) is 0 Å². The Kier molecular flexibility index (Phi) is 5.00. The van der Waals surface area contributed by atoms with Gasteiger partial charge in [-0.05, 0) is 31.8 Å². The lowest BCUT2D eigenvalue weighted by atomic mass is 10.1. The topological polar surface area (TPSA) is 58.6 Å². The van der Waals surface area contributed by atoms with Crippen LogP contribution in [0.1, 0.15) is 26.2 Å². The summed E-state index contributed by atoms with van der Waals surface area (Å²) in [5.74, 6) is 0. The molecule has 1 aliphatic heterocycles. The van der Waals surface area contributed by atoms with Gasteiger partial charge in [0.2, 0.25) is 10.0 Å². The normalized spacial score (nSPS) is 23.2. The SMILES string of the molecule is COCC1=CCN(S(=O)(=O)C(C)CNC2CC2)CC1. The zero-order valence-corrected chi connectivity index (χ0v) is 12.6. The van der Waals surface area contributed by atoms with Crippen molar-refractivity contribution in [2.45, 2.75) is 37.5 Å².